The summed E-state index contributed by atoms with van der Waals surface area (Å²) in [5, 5.41) is 0. The first-order valence-electron chi connectivity index (χ1n) is 11.4. The summed E-state index contributed by atoms with van der Waals surface area (Å²) in [7, 11) is 1.69. The van der Waals surface area contributed by atoms with Crippen molar-refractivity contribution in [3.05, 3.63) is 96.1 Å². The largest absolute Gasteiger partial charge is 0.497 e. The zero-order valence-electron chi connectivity index (χ0n) is 18.5. The Kier molecular flexibility index (Phi) is 7.62. The van der Waals surface area contributed by atoms with Gasteiger partial charge in [0.15, 0.2) is 0 Å². The molecule has 3 aromatic rings. The molecule has 0 saturated carbocycles. The second kappa shape index (κ2) is 11.0. The van der Waals surface area contributed by atoms with Gasteiger partial charge in [-0.1, -0.05) is 60.7 Å². The van der Waals surface area contributed by atoms with Crippen molar-refractivity contribution in [1.82, 2.24) is 4.90 Å². The summed E-state index contributed by atoms with van der Waals surface area (Å²) in [6, 6.07) is 29.7. The monoisotopic (exact) mass is 415 g/mol. The van der Waals surface area contributed by atoms with Crippen molar-refractivity contribution >= 4 is 0 Å². The SMILES string of the molecule is COc1ccc(OC[C@H]2CN(CCCc3ccccc3)CC[C@@H]2c2ccccc2)cc1. The fraction of sp³-hybridized carbons (Fsp3) is 0.357. The highest BCUT2D eigenvalue weighted by molar-refractivity contribution is 5.31. The van der Waals surface area contributed by atoms with Crippen LogP contribution in [0, 0.1) is 5.92 Å². The third-order valence-corrected chi connectivity index (χ3v) is 6.35. The van der Waals surface area contributed by atoms with E-state index < -0.39 is 0 Å². The number of nitrogens with zero attached hydrogens (tertiary/aromatic N) is 1. The second-order valence-corrected chi connectivity index (χ2v) is 8.44. The van der Waals surface area contributed by atoms with Crippen molar-refractivity contribution < 1.29 is 9.47 Å². The second-order valence-electron chi connectivity index (χ2n) is 8.44. The number of ether oxygens (including phenoxy) is 2. The van der Waals surface area contributed by atoms with E-state index in [0.717, 1.165) is 44.2 Å². The van der Waals surface area contributed by atoms with Crippen molar-refractivity contribution in [3.63, 3.8) is 0 Å². The first kappa shape index (κ1) is 21.5. The first-order valence-corrected chi connectivity index (χ1v) is 11.4. The van der Waals surface area contributed by atoms with Gasteiger partial charge < -0.3 is 14.4 Å². The van der Waals surface area contributed by atoms with Crippen LogP contribution in [0.5, 0.6) is 11.5 Å². The van der Waals surface area contributed by atoms with E-state index in [2.05, 4.69) is 65.6 Å². The number of aryl methyl sites for hydroxylation is 1. The molecule has 0 N–H and O–H groups in total. The molecule has 0 aliphatic carbocycles. The van der Waals surface area contributed by atoms with Crippen LogP contribution in [-0.2, 0) is 6.42 Å². The standard InChI is InChI=1S/C28H33NO2/c1-30-26-14-16-27(17-15-26)31-22-25-21-29(19-8-11-23-9-4-2-5-10-23)20-18-28(25)24-12-6-3-7-13-24/h2-7,9-10,12-17,25,28H,8,11,18-22H2,1H3/t25-,28-/m1/s1. The molecule has 0 aromatic heterocycles. The topological polar surface area (TPSA) is 21.7 Å². The van der Waals surface area contributed by atoms with E-state index in [9.17, 15) is 0 Å². The van der Waals surface area contributed by atoms with Gasteiger partial charge in [0.05, 0.1) is 13.7 Å². The molecular weight excluding hydrogens is 382 g/mol. The Hall–Kier alpha value is -2.78. The van der Waals surface area contributed by atoms with Gasteiger partial charge in [0.1, 0.15) is 11.5 Å². The number of piperidine rings is 1. The molecule has 1 fully saturated rings. The molecule has 3 nitrogen and oxygen atoms in total. The minimum atomic E-state index is 0.481. The van der Waals surface area contributed by atoms with E-state index in [0.29, 0.717) is 11.8 Å². The summed E-state index contributed by atoms with van der Waals surface area (Å²) in [6.45, 7) is 4.13. The molecule has 1 aliphatic heterocycles. The highest BCUT2D eigenvalue weighted by Crippen LogP contribution is 2.34. The number of likely N-dealkylation sites (tertiary alicyclic amines) is 1. The zero-order valence-corrected chi connectivity index (χ0v) is 18.5. The maximum absolute atomic E-state index is 6.24. The Morgan fingerprint density at radius 2 is 1.52 bits per heavy atom. The molecule has 1 aliphatic rings. The molecule has 31 heavy (non-hydrogen) atoms. The predicted molar refractivity (Wildman–Crippen MR) is 127 cm³/mol. The Morgan fingerprint density at radius 1 is 0.839 bits per heavy atom. The third kappa shape index (κ3) is 6.11. The Bertz CT molecular complexity index is 893. The molecule has 0 unspecified atom stereocenters. The van der Waals surface area contributed by atoms with E-state index >= 15 is 0 Å². The molecule has 3 heteroatoms. The molecule has 1 heterocycles. The maximum Gasteiger partial charge on any atom is 0.119 e. The Labute approximate surface area is 186 Å². The van der Waals surface area contributed by atoms with Gasteiger partial charge in [-0.25, -0.2) is 0 Å². The van der Waals surface area contributed by atoms with Gasteiger partial charge in [0.25, 0.3) is 0 Å². The number of benzene rings is 3. The fourth-order valence-corrected chi connectivity index (χ4v) is 4.65. The van der Waals surface area contributed by atoms with Crippen molar-refractivity contribution in [3.8, 4) is 11.5 Å². The molecule has 0 spiro atoms. The van der Waals surface area contributed by atoms with Crippen LogP contribution in [0.15, 0.2) is 84.9 Å². The van der Waals surface area contributed by atoms with Gasteiger partial charge in [-0.15, -0.1) is 0 Å². The van der Waals surface area contributed by atoms with Crippen LogP contribution in [0.1, 0.15) is 29.9 Å². The number of methoxy groups -OCH3 is 1. The van der Waals surface area contributed by atoms with Gasteiger partial charge in [-0.05, 0) is 73.7 Å². The van der Waals surface area contributed by atoms with Gasteiger partial charge >= 0.3 is 0 Å². The van der Waals surface area contributed by atoms with Gasteiger partial charge in [-0.3, -0.25) is 0 Å². The van der Waals surface area contributed by atoms with Gasteiger partial charge in [0.2, 0.25) is 0 Å². The van der Waals surface area contributed by atoms with Gasteiger partial charge in [-0.2, -0.15) is 0 Å². The highest BCUT2D eigenvalue weighted by atomic mass is 16.5. The molecule has 1 saturated heterocycles. The van der Waals surface area contributed by atoms with Crippen molar-refractivity contribution in [1.29, 1.82) is 0 Å². The lowest BCUT2D eigenvalue weighted by molar-refractivity contribution is 0.110. The van der Waals surface area contributed by atoms with Crippen molar-refractivity contribution in [2.24, 2.45) is 5.92 Å². The molecule has 162 valence electrons. The van der Waals surface area contributed by atoms with Crippen LogP contribution in [0.2, 0.25) is 0 Å². The minimum Gasteiger partial charge on any atom is -0.497 e. The predicted octanol–water partition coefficient (Wildman–Crippen LogP) is 5.81. The average Bonchev–Trinajstić information content (AvgIpc) is 2.84. The van der Waals surface area contributed by atoms with E-state index in [1.165, 1.54) is 24.0 Å². The number of hydrogen-bond donors (Lipinski definition) is 0. The molecular formula is C28H33NO2. The highest BCUT2D eigenvalue weighted by Gasteiger charge is 2.30. The average molecular weight is 416 g/mol. The van der Waals surface area contributed by atoms with Crippen LogP contribution in [-0.4, -0.2) is 38.3 Å². The number of hydrogen-bond acceptors (Lipinski definition) is 3. The normalized spacial score (nSPS) is 19.1. The fourth-order valence-electron chi connectivity index (χ4n) is 4.65. The summed E-state index contributed by atoms with van der Waals surface area (Å²) in [5.74, 6) is 2.80. The van der Waals surface area contributed by atoms with Crippen LogP contribution < -0.4 is 9.47 Å². The summed E-state index contributed by atoms with van der Waals surface area (Å²) in [4.78, 5) is 2.63. The summed E-state index contributed by atoms with van der Waals surface area (Å²) in [6.07, 6.45) is 3.53. The summed E-state index contributed by atoms with van der Waals surface area (Å²) in [5.41, 5.74) is 2.87. The first-order chi connectivity index (χ1) is 15.3. The van der Waals surface area contributed by atoms with Crippen LogP contribution in [0.25, 0.3) is 0 Å². The van der Waals surface area contributed by atoms with E-state index in [1.807, 2.05) is 24.3 Å². The number of rotatable bonds is 9. The molecule has 3 aromatic carbocycles. The van der Waals surface area contributed by atoms with Gasteiger partial charge in [0, 0.05) is 12.5 Å². The lowest BCUT2D eigenvalue weighted by Crippen LogP contribution is -2.42. The van der Waals surface area contributed by atoms with E-state index in [-0.39, 0.29) is 0 Å². The molecule has 0 amide bonds. The van der Waals surface area contributed by atoms with E-state index in [4.69, 9.17) is 9.47 Å². The summed E-state index contributed by atoms with van der Waals surface area (Å²) < 4.78 is 11.5. The molecule has 0 bridgehead atoms. The van der Waals surface area contributed by atoms with Crippen LogP contribution in [0.3, 0.4) is 0 Å². The Morgan fingerprint density at radius 3 is 2.23 bits per heavy atom. The van der Waals surface area contributed by atoms with E-state index in [1.54, 1.807) is 7.11 Å². The smallest absolute Gasteiger partial charge is 0.119 e. The van der Waals surface area contributed by atoms with Crippen molar-refractivity contribution in [2.75, 3.05) is 33.4 Å². The third-order valence-electron chi connectivity index (χ3n) is 6.35. The van der Waals surface area contributed by atoms with Crippen molar-refractivity contribution in [2.45, 2.75) is 25.2 Å². The quantitative estimate of drug-likeness (QED) is 0.440. The minimum absolute atomic E-state index is 0.481. The lowest BCUT2D eigenvalue weighted by Gasteiger charge is -2.39. The Balaban J connectivity index is 1.37. The zero-order chi connectivity index (χ0) is 21.3. The van der Waals surface area contributed by atoms with Crippen LogP contribution in [0.4, 0.5) is 0 Å². The molecule has 4 rings (SSSR count). The maximum atomic E-state index is 6.24. The summed E-state index contributed by atoms with van der Waals surface area (Å²) >= 11 is 0. The van der Waals surface area contributed by atoms with Crippen LogP contribution >= 0.6 is 0 Å². The molecule has 2 atom stereocenters. The lowest BCUT2D eigenvalue weighted by atomic mass is 9.81. The molecule has 0 radical (unpaired) electrons.